The Balaban J connectivity index is 1.89. The summed E-state index contributed by atoms with van der Waals surface area (Å²) in [6.07, 6.45) is 4.22. The molecule has 0 atom stereocenters. The largest absolute Gasteiger partial charge is 0.462 e. The fourth-order valence-electron chi connectivity index (χ4n) is 2.12. The summed E-state index contributed by atoms with van der Waals surface area (Å²) in [6, 6.07) is 2.00. The fraction of sp³-hybridized carbons (Fsp3) is 0.500. The maximum Gasteiger partial charge on any atom is 0.341 e. The van der Waals surface area contributed by atoms with E-state index in [2.05, 4.69) is 15.5 Å². The number of nitrogens with one attached hydrogen (secondary N) is 1. The summed E-state index contributed by atoms with van der Waals surface area (Å²) < 4.78 is 8.59. The number of aromatic nitrogens is 4. The Labute approximate surface area is 123 Å². The van der Waals surface area contributed by atoms with Crippen molar-refractivity contribution in [1.82, 2.24) is 24.9 Å². The van der Waals surface area contributed by atoms with Crippen LogP contribution in [0.4, 0.5) is 0 Å². The molecule has 0 aliphatic carbocycles. The number of esters is 1. The van der Waals surface area contributed by atoms with E-state index in [1.807, 2.05) is 24.8 Å². The standard InChI is InChI=1S/C14H21N5O2/c1-4-21-14(20)12-9-17-19(3)13(12)10-15-7-5-11-6-8-16-18(11)2/h6,8-9,15H,4-5,7,10H2,1-3H3. The van der Waals surface area contributed by atoms with Crippen molar-refractivity contribution in [2.24, 2.45) is 14.1 Å². The summed E-state index contributed by atoms with van der Waals surface area (Å²) in [5, 5.41) is 11.6. The predicted molar refractivity (Wildman–Crippen MR) is 77.8 cm³/mol. The SMILES string of the molecule is CCOC(=O)c1cnn(C)c1CNCCc1ccnn1C. The Kier molecular flexibility index (Phi) is 5.10. The van der Waals surface area contributed by atoms with Gasteiger partial charge in [0.1, 0.15) is 5.56 Å². The quantitative estimate of drug-likeness (QED) is 0.599. The monoisotopic (exact) mass is 291 g/mol. The number of hydrogen-bond acceptors (Lipinski definition) is 5. The summed E-state index contributed by atoms with van der Waals surface area (Å²) >= 11 is 0. The Hall–Kier alpha value is -2.15. The van der Waals surface area contributed by atoms with E-state index in [1.165, 1.54) is 0 Å². The van der Waals surface area contributed by atoms with Crippen LogP contribution in [0.5, 0.6) is 0 Å². The van der Waals surface area contributed by atoms with Gasteiger partial charge in [-0.2, -0.15) is 10.2 Å². The number of carbonyl (C=O) groups is 1. The highest BCUT2D eigenvalue weighted by molar-refractivity contribution is 5.90. The van der Waals surface area contributed by atoms with Gasteiger partial charge in [-0.3, -0.25) is 9.36 Å². The van der Waals surface area contributed by atoms with Gasteiger partial charge in [-0.15, -0.1) is 0 Å². The zero-order valence-corrected chi connectivity index (χ0v) is 12.7. The molecule has 114 valence electrons. The van der Waals surface area contributed by atoms with E-state index in [1.54, 1.807) is 24.0 Å². The number of hydrogen-bond donors (Lipinski definition) is 1. The number of carbonyl (C=O) groups excluding carboxylic acids is 1. The van der Waals surface area contributed by atoms with Crippen molar-refractivity contribution < 1.29 is 9.53 Å². The molecule has 0 spiro atoms. The van der Waals surface area contributed by atoms with Gasteiger partial charge in [0.25, 0.3) is 0 Å². The first-order valence-electron chi connectivity index (χ1n) is 6.99. The molecule has 1 N–H and O–H groups in total. The summed E-state index contributed by atoms with van der Waals surface area (Å²) in [4.78, 5) is 11.8. The topological polar surface area (TPSA) is 74.0 Å². The van der Waals surface area contributed by atoms with Gasteiger partial charge in [-0.05, 0) is 13.0 Å². The maximum absolute atomic E-state index is 11.8. The Morgan fingerprint density at radius 2 is 2.14 bits per heavy atom. The molecule has 2 rings (SSSR count). The van der Waals surface area contributed by atoms with Crippen LogP contribution in [0.25, 0.3) is 0 Å². The van der Waals surface area contributed by atoms with Crippen LogP contribution in [-0.2, 0) is 31.8 Å². The van der Waals surface area contributed by atoms with Crippen molar-refractivity contribution in [3.05, 3.63) is 35.4 Å². The first-order valence-corrected chi connectivity index (χ1v) is 6.99. The lowest BCUT2D eigenvalue weighted by Gasteiger charge is -2.08. The zero-order chi connectivity index (χ0) is 15.2. The normalized spacial score (nSPS) is 10.8. The van der Waals surface area contributed by atoms with Gasteiger partial charge in [0.05, 0.1) is 18.5 Å². The molecular formula is C14H21N5O2. The van der Waals surface area contributed by atoms with E-state index in [-0.39, 0.29) is 5.97 Å². The third-order valence-electron chi connectivity index (χ3n) is 3.33. The van der Waals surface area contributed by atoms with Crippen molar-refractivity contribution in [3.63, 3.8) is 0 Å². The van der Waals surface area contributed by atoms with Crippen LogP contribution in [0.2, 0.25) is 0 Å². The predicted octanol–water partition coefficient (Wildman–Crippen LogP) is 0.663. The first-order chi connectivity index (χ1) is 10.1. The van der Waals surface area contributed by atoms with Gasteiger partial charge in [0.2, 0.25) is 0 Å². The second-order valence-electron chi connectivity index (χ2n) is 4.72. The molecule has 0 amide bonds. The molecule has 0 aromatic carbocycles. The second kappa shape index (κ2) is 7.03. The minimum Gasteiger partial charge on any atom is -0.462 e. The van der Waals surface area contributed by atoms with Crippen LogP contribution >= 0.6 is 0 Å². The lowest BCUT2D eigenvalue weighted by atomic mass is 10.2. The highest BCUT2D eigenvalue weighted by Crippen LogP contribution is 2.09. The van der Waals surface area contributed by atoms with E-state index in [9.17, 15) is 4.79 Å². The van der Waals surface area contributed by atoms with Crippen LogP contribution in [-0.4, -0.2) is 38.7 Å². The molecule has 2 aromatic heterocycles. The minimum absolute atomic E-state index is 0.325. The number of aryl methyl sites for hydroxylation is 2. The van der Waals surface area contributed by atoms with Crippen molar-refractivity contribution >= 4 is 5.97 Å². The molecule has 0 fully saturated rings. The molecule has 7 nitrogen and oxygen atoms in total. The number of nitrogens with zero attached hydrogens (tertiary/aromatic N) is 4. The summed E-state index contributed by atoms with van der Waals surface area (Å²) in [5.74, 6) is -0.325. The van der Waals surface area contributed by atoms with Crippen molar-refractivity contribution in [3.8, 4) is 0 Å². The molecule has 0 radical (unpaired) electrons. The number of ether oxygens (including phenoxy) is 1. The highest BCUT2D eigenvalue weighted by Gasteiger charge is 2.16. The van der Waals surface area contributed by atoms with E-state index in [0.29, 0.717) is 18.7 Å². The minimum atomic E-state index is -0.325. The first kappa shape index (κ1) is 15.2. The summed E-state index contributed by atoms with van der Waals surface area (Å²) in [6.45, 7) is 3.52. The molecule has 0 aliphatic rings. The Morgan fingerprint density at radius 1 is 1.33 bits per heavy atom. The molecule has 0 aliphatic heterocycles. The summed E-state index contributed by atoms with van der Waals surface area (Å²) in [7, 11) is 3.75. The average Bonchev–Trinajstić information content (AvgIpc) is 3.02. The van der Waals surface area contributed by atoms with Crippen LogP contribution in [0, 0.1) is 0 Å². The molecule has 0 saturated carbocycles. The smallest absolute Gasteiger partial charge is 0.341 e. The van der Waals surface area contributed by atoms with Crippen molar-refractivity contribution in [2.75, 3.05) is 13.2 Å². The third kappa shape index (κ3) is 3.69. The van der Waals surface area contributed by atoms with Crippen LogP contribution in [0.15, 0.2) is 18.5 Å². The van der Waals surface area contributed by atoms with Gasteiger partial charge >= 0.3 is 5.97 Å². The molecule has 2 heterocycles. The summed E-state index contributed by atoms with van der Waals surface area (Å²) in [5.41, 5.74) is 2.52. The van der Waals surface area contributed by atoms with Gasteiger partial charge < -0.3 is 10.1 Å². The lowest BCUT2D eigenvalue weighted by Crippen LogP contribution is -2.21. The van der Waals surface area contributed by atoms with Crippen LogP contribution in [0.1, 0.15) is 28.7 Å². The van der Waals surface area contributed by atoms with E-state index < -0.39 is 0 Å². The molecule has 0 saturated heterocycles. The molecule has 2 aromatic rings. The molecule has 0 unspecified atom stereocenters. The Morgan fingerprint density at radius 3 is 2.81 bits per heavy atom. The fourth-order valence-corrected chi connectivity index (χ4v) is 2.12. The van der Waals surface area contributed by atoms with Crippen LogP contribution < -0.4 is 5.32 Å². The zero-order valence-electron chi connectivity index (χ0n) is 12.7. The van der Waals surface area contributed by atoms with Crippen molar-refractivity contribution in [1.29, 1.82) is 0 Å². The van der Waals surface area contributed by atoms with Gasteiger partial charge in [-0.25, -0.2) is 4.79 Å². The number of rotatable bonds is 7. The second-order valence-corrected chi connectivity index (χ2v) is 4.72. The van der Waals surface area contributed by atoms with E-state index in [0.717, 1.165) is 24.4 Å². The molecule has 0 bridgehead atoms. The van der Waals surface area contributed by atoms with E-state index in [4.69, 9.17) is 4.74 Å². The van der Waals surface area contributed by atoms with Gasteiger partial charge in [0, 0.05) is 45.5 Å². The Bertz CT molecular complexity index is 602. The molecular weight excluding hydrogens is 270 g/mol. The van der Waals surface area contributed by atoms with Crippen LogP contribution in [0.3, 0.4) is 0 Å². The highest BCUT2D eigenvalue weighted by atomic mass is 16.5. The van der Waals surface area contributed by atoms with Gasteiger partial charge in [0.15, 0.2) is 0 Å². The van der Waals surface area contributed by atoms with Crippen molar-refractivity contribution in [2.45, 2.75) is 19.9 Å². The average molecular weight is 291 g/mol. The molecule has 7 heteroatoms. The maximum atomic E-state index is 11.8. The third-order valence-corrected chi connectivity index (χ3v) is 3.33. The van der Waals surface area contributed by atoms with E-state index >= 15 is 0 Å². The van der Waals surface area contributed by atoms with Gasteiger partial charge in [-0.1, -0.05) is 0 Å². The molecule has 21 heavy (non-hydrogen) atoms. The lowest BCUT2D eigenvalue weighted by molar-refractivity contribution is 0.0524.